The third kappa shape index (κ3) is 5.13. The van der Waals surface area contributed by atoms with Crippen molar-refractivity contribution in [2.45, 2.75) is 6.61 Å². The Morgan fingerprint density at radius 2 is 1.83 bits per heavy atom. The molecule has 0 saturated carbocycles. The van der Waals surface area contributed by atoms with Crippen LogP contribution in [0.15, 0.2) is 64.8 Å². The summed E-state index contributed by atoms with van der Waals surface area (Å²) in [5.74, 6) is -2.34. The molecular weight excluding hydrogens is 378 g/mol. The Labute approximate surface area is 146 Å². The van der Waals surface area contributed by atoms with Crippen LogP contribution in [0.1, 0.15) is 5.56 Å². The van der Waals surface area contributed by atoms with E-state index >= 15 is 0 Å². The molecule has 2 rings (SSSR count). The van der Waals surface area contributed by atoms with Crippen LogP contribution in [0.4, 0.5) is 5.69 Å². The van der Waals surface area contributed by atoms with Crippen LogP contribution < -0.4 is 10.1 Å². The smallest absolute Gasteiger partial charge is 0.352 e. The van der Waals surface area contributed by atoms with Gasteiger partial charge in [0.1, 0.15) is 18.1 Å². The third-order valence-corrected chi connectivity index (χ3v) is 3.44. The van der Waals surface area contributed by atoms with Gasteiger partial charge in [-0.1, -0.05) is 46.3 Å². The molecule has 3 N–H and O–H groups in total. The number of halogens is 1. The Bertz CT molecular complexity index is 774. The molecule has 0 aromatic heterocycles. The molecule has 0 radical (unpaired) electrons. The van der Waals surface area contributed by atoms with Crippen molar-refractivity contribution in [3.05, 3.63) is 70.3 Å². The van der Waals surface area contributed by atoms with Crippen LogP contribution in [0, 0.1) is 0 Å². The molecule has 0 aliphatic rings. The fraction of sp³-hybridized carbons (Fsp3) is 0.0588. The van der Waals surface area contributed by atoms with Crippen LogP contribution in [-0.4, -0.2) is 22.2 Å². The van der Waals surface area contributed by atoms with E-state index in [1.807, 2.05) is 30.3 Å². The lowest BCUT2D eigenvalue weighted by molar-refractivity contribution is -0.134. The first kappa shape index (κ1) is 17.6. The van der Waals surface area contributed by atoms with Crippen molar-refractivity contribution in [1.29, 1.82) is 0 Å². The van der Waals surface area contributed by atoms with Crippen molar-refractivity contribution in [1.82, 2.24) is 0 Å². The van der Waals surface area contributed by atoms with E-state index in [4.69, 9.17) is 14.9 Å². The van der Waals surface area contributed by atoms with Gasteiger partial charge in [0.05, 0.1) is 11.8 Å². The van der Waals surface area contributed by atoms with Crippen molar-refractivity contribution in [2.24, 2.45) is 0 Å². The Balaban J connectivity index is 2.23. The molecule has 24 heavy (non-hydrogen) atoms. The summed E-state index contributed by atoms with van der Waals surface area (Å²) in [6.07, 6.45) is 0.588. The predicted octanol–water partition coefficient (Wildman–Crippen LogP) is 3.49. The Hall–Kier alpha value is -2.80. The van der Waals surface area contributed by atoms with Gasteiger partial charge in [-0.25, -0.2) is 9.59 Å². The number of nitrogens with one attached hydrogen (secondary N) is 1. The van der Waals surface area contributed by atoms with Crippen LogP contribution in [0.2, 0.25) is 0 Å². The van der Waals surface area contributed by atoms with Crippen LogP contribution in [0.25, 0.3) is 0 Å². The second-order valence-corrected chi connectivity index (χ2v) is 5.66. The topological polar surface area (TPSA) is 95.9 Å². The standard InChI is InChI=1S/C17H14BrNO5/c18-12-6-7-15(24-10-11-4-2-1-3-5-11)13(8-12)19-14(17(22)23)9-16(20)21/h1-9,19H,10H2,(H,20,21)(H,22,23). The molecule has 2 aromatic rings. The number of hydrogen-bond donors (Lipinski definition) is 3. The fourth-order valence-corrected chi connectivity index (χ4v) is 2.24. The number of benzene rings is 2. The van der Waals surface area contributed by atoms with Crippen molar-refractivity contribution < 1.29 is 24.5 Å². The van der Waals surface area contributed by atoms with Crippen molar-refractivity contribution in [2.75, 3.05) is 5.32 Å². The Morgan fingerprint density at radius 3 is 2.46 bits per heavy atom. The largest absolute Gasteiger partial charge is 0.487 e. The minimum absolute atomic E-state index is 0.294. The fourth-order valence-electron chi connectivity index (χ4n) is 1.88. The predicted molar refractivity (Wildman–Crippen MR) is 91.9 cm³/mol. The average molecular weight is 392 g/mol. The van der Waals surface area contributed by atoms with Gasteiger partial charge in [-0.15, -0.1) is 0 Å². The van der Waals surface area contributed by atoms with Crippen LogP contribution >= 0.6 is 15.9 Å². The Kier molecular flexibility index (Phi) is 5.97. The molecule has 0 amide bonds. The van der Waals surface area contributed by atoms with Gasteiger partial charge < -0.3 is 20.3 Å². The number of carboxylic acid groups (broad SMARTS) is 2. The van der Waals surface area contributed by atoms with Crippen molar-refractivity contribution >= 4 is 33.6 Å². The molecule has 0 aliphatic carbocycles. The molecule has 6 nitrogen and oxygen atoms in total. The first-order valence-corrected chi connectivity index (χ1v) is 7.66. The summed E-state index contributed by atoms with van der Waals surface area (Å²) in [6, 6.07) is 14.5. The maximum Gasteiger partial charge on any atom is 0.352 e. The summed E-state index contributed by atoms with van der Waals surface area (Å²) in [6.45, 7) is 0.294. The molecule has 0 heterocycles. The number of carboxylic acids is 2. The van der Waals surface area contributed by atoms with Crippen molar-refractivity contribution in [3.8, 4) is 5.75 Å². The summed E-state index contributed by atoms with van der Waals surface area (Å²) in [5.41, 5.74) is 0.825. The highest BCUT2D eigenvalue weighted by molar-refractivity contribution is 9.10. The van der Waals surface area contributed by atoms with Crippen LogP contribution in [-0.2, 0) is 16.2 Å². The maximum absolute atomic E-state index is 11.2. The molecular formula is C17H14BrNO5. The van der Waals surface area contributed by atoms with Gasteiger partial charge in [-0.05, 0) is 23.8 Å². The minimum atomic E-state index is -1.38. The molecule has 2 aromatic carbocycles. The number of rotatable bonds is 7. The van der Waals surface area contributed by atoms with Crippen LogP contribution in [0.3, 0.4) is 0 Å². The first-order chi connectivity index (χ1) is 11.5. The highest BCUT2D eigenvalue weighted by atomic mass is 79.9. The van der Waals surface area contributed by atoms with E-state index in [2.05, 4.69) is 21.2 Å². The second-order valence-electron chi connectivity index (χ2n) is 4.74. The number of aliphatic carboxylic acids is 2. The second kappa shape index (κ2) is 8.16. The quantitative estimate of drug-likeness (QED) is 0.625. The van der Waals surface area contributed by atoms with E-state index in [-0.39, 0.29) is 0 Å². The molecule has 0 saturated heterocycles. The third-order valence-electron chi connectivity index (χ3n) is 2.95. The summed E-state index contributed by atoms with van der Waals surface area (Å²) >= 11 is 3.29. The summed E-state index contributed by atoms with van der Waals surface area (Å²) in [7, 11) is 0. The lowest BCUT2D eigenvalue weighted by Gasteiger charge is -2.14. The van der Waals surface area contributed by atoms with E-state index in [0.29, 0.717) is 28.6 Å². The number of hydrogen-bond acceptors (Lipinski definition) is 4. The monoisotopic (exact) mass is 391 g/mol. The van der Waals surface area contributed by atoms with E-state index in [1.54, 1.807) is 18.2 Å². The molecule has 0 spiro atoms. The van der Waals surface area contributed by atoms with E-state index < -0.39 is 17.6 Å². The van der Waals surface area contributed by atoms with Crippen molar-refractivity contribution in [3.63, 3.8) is 0 Å². The summed E-state index contributed by atoms with van der Waals surface area (Å²) in [4.78, 5) is 21.9. The highest BCUT2D eigenvalue weighted by Gasteiger charge is 2.13. The molecule has 7 heteroatoms. The average Bonchev–Trinajstić information content (AvgIpc) is 2.54. The van der Waals surface area contributed by atoms with Crippen LogP contribution in [0.5, 0.6) is 5.75 Å². The number of carbonyl (C=O) groups is 2. The van der Waals surface area contributed by atoms with Gasteiger partial charge in [-0.3, -0.25) is 0 Å². The zero-order valence-electron chi connectivity index (χ0n) is 12.4. The first-order valence-electron chi connectivity index (χ1n) is 6.87. The van der Waals surface area contributed by atoms with Gasteiger partial charge in [-0.2, -0.15) is 0 Å². The van der Waals surface area contributed by atoms with E-state index in [1.165, 1.54) is 0 Å². The molecule has 0 unspecified atom stereocenters. The zero-order valence-corrected chi connectivity index (χ0v) is 14.0. The van der Waals surface area contributed by atoms with Gasteiger partial charge in [0.15, 0.2) is 0 Å². The molecule has 0 fully saturated rings. The Morgan fingerprint density at radius 1 is 1.12 bits per heavy atom. The lowest BCUT2D eigenvalue weighted by Crippen LogP contribution is -2.13. The molecule has 0 atom stereocenters. The highest BCUT2D eigenvalue weighted by Crippen LogP contribution is 2.30. The summed E-state index contributed by atoms with van der Waals surface area (Å²) < 4.78 is 6.40. The minimum Gasteiger partial charge on any atom is -0.487 e. The maximum atomic E-state index is 11.2. The molecule has 0 aliphatic heterocycles. The van der Waals surface area contributed by atoms with Gasteiger partial charge in [0.25, 0.3) is 0 Å². The number of anilines is 1. The van der Waals surface area contributed by atoms with E-state index in [0.717, 1.165) is 5.56 Å². The van der Waals surface area contributed by atoms with Gasteiger partial charge >= 0.3 is 11.9 Å². The van der Waals surface area contributed by atoms with E-state index in [9.17, 15) is 9.59 Å². The summed E-state index contributed by atoms with van der Waals surface area (Å²) in [5, 5.41) is 20.5. The number of ether oxygens (including phenoxy) is 1. The normalized spacial score (nSPS) is 11.0. The molecule has 0 bridgehead atoms. The lowest BCUT2D eigenvalue weighted by atomic mass is 10.2. The molecule has 124 valence electrons. The SMILES string of the molecule is O=C(O)C=C(Nc1cc(Br)ccc1OCc1ccccc1)C(=O)O. The van der Waals surface area contributed by atoms with Gasteiger partial charge in [0, 0.05) is 4.47 Å². The zero-order chi connectivity index (χ0) is 17.5. The van der Waals surface area contributed by atoms with Gasteiger partial charge in [0.2, 0.25) is 0 Å².